The van der Waals surface area contributed by atoms with Crippen LogP contribution in [-0.2, 0) is 28.6 Å². The molecule has 0 aromatic rings. The van der Waals surface area contributed by atoms with Crippen LogP contribution in [0.15, 0.2) is 24.3 Å². The molecular weight excluding hydrogens is 973 g/mol. The average molecular weight is 1110 g/mol. The van der Waals surface area contributed by atoms with Gasteiger partial charge < -0.3 is 14.2 Å². The maximum absolute atomic E-state index is 12.9. The van der Waals surface area contributed by atoms with Gasteiger partial charge in [-0.15, -0.1) is 0 Å². The van der Waals surface area contributed by atoms with Gasteiger partial charge in [0.15, 0.2) is 6.10 Å². The lowest BCUT2D eigenvalue weighted by Gasteiger charge is -2.18. The van der Waals surface area contributed by atoms with Crippen molar-refractivity contribution in [1.82, 2.24) is 0 Å². The number of ether oxygens (including phenoxy) is 3. The zero-order valence-electron chi connectivity index (χ0n) is 53.7. The molecule has 0 aliphatic carbocycles. The number of hydrogen-bond donors (Lipinski definition) is 0. The minimum Gasteiger partial charge on any atom is -0.462 e. The molecule has 0 N–H and O–H groups in total. The second-order valence-corrected chi connectivity index (χ2v) is 24.5. The monoisotopic (exact) mass is 1110 g/mol. The highest BCUT2D eigenvalue weighted by atomic mass is 16.6. The Morgan fingerprint density at radius 2 is 0.418 bits per heavy atom. The summed E-state index contributed by atoms with van der Waals surface area (Å²) < 4.78 is 17.0. The fourth-order valence-corrected chi connectivity index (χ4v) is 11.0. The summed E-state index contributed by atoms with van der Waals surface area (Å²) in [5, 5.41) is 0. The summed E-state index contributed by atoms with van der Waals surface area (Å²) in [6.07, 6.45) is 83.6. The quantitative estimate of drug-likeness (QED) is 0.0261. The Kier molecular flexibility index (Phi) is 66.6. The standard InChI is InChI=1S/C73H138O6/c1-4-7-10-13-16-19-22-25-28-30-31-32-33-34-35-36-37-38-39-40-41-42-44-45-48-51-54-57-60-63-66-72(75)78-69-70(68-77-71(74)65-62-59-56-53-50-47-27-24-21-18-15-12-9-6-3)79-73(76)67-64-61-58-55-52-49-46-43-29-26-23-20-17-14-11-8-5-2/h24,26-27,29,70H,4-23,25,28,30-69H2,1-3H3/b27-24-,29-26-. The third-order valence-electron chi connectivity index (χ3n) is 16.4. The first-order valence-electron chi connectivity index (χ1n) is 35.8. The minimum atomic E-state index is -0.775. The molecule has 0 amide bonds. The summed E-state index contributed by atoms with van der Waals surface area (Å²) in [5.74, 6) is -0.855. The van der Waals surface area contributed by atoms with Gasteiger partial charge in [0, 0.05) is 19.3 Å². The van der Waals surface area contributed by atoms with Gasteiger partial charge in [0.2, 0.25) is 0 Å². The van der Waals surface area contributed by atoms with Crippen LogP contribution in [0.1, 0.15) is 406 Å². The Hall–Kier alpha value is -2.11. The van der Waals surface area contributed by atoms with Gasteiger partial charge >= 0.3 is 17.9 Å². The van der Waals surface area contributed by atoms with E-state index < -0.39 is 6.10 Å². The number of carbonyl (C=O) groups is 3. The summed E-state index contributed by atoms with van der Waals surface area (Å²) in [6, 6.07) is 0. The van der Waals surface area contributed by atoms with Crippen molar-refractivity contribution in [3.63, 3.8) is 0 Å². The molecule has 0 aliphatic heterocycles. The number of esters is 3. The maximum atomic E-state index is 12.9. The zero-order valence-corrected chi connectivity index (χ0v) is 53.7. The number of carbonyl (C=O) groups excluding carboxylic acids is 3. The zero-order chi connectivity index (χ0) is 57.1. The Morgan fingerprint density at radius 1 is 0.241 bits per heavy atom. The third kappa shape index (κ3) is 66.6. The predicted molar refractivity (Wildman–Crippen MR) is 344 cm³/mol. The van der Waals surface area contributed by atoms with Crippen molar-refractivity contribution in [2.45, 2.75) is 412 Å². The Morgan fingerprint density at radius 3 is 0.633 bits per heavy atom. The Bertz CT molecular complexity index is 1270. The van der Waals surface area contributed by atoms with Crippen molar-refractivity contribution >= 4 is 17.9 Å². The Balaban J connectivity index is 4.15. The lowest BCUT2D eigenvalue weighted by Crippen LogP contribution is -2.30. The average Bonchev–Trinajstić information content (AvgIpc) is 3.45. The van der Waals surface area contributed by atoms with Crippen molar-refractivity contribution < 1.29 is 28.6 Å². The molecule has 0 fully saturated rings. The number of rotatable bonds is 67. The van der Waals surface area contributed by atoms with Gasteiger partial charge in [-0.1, -0.05) is 340 Å². The first-order valence-corrected chi connectivity index (χ1v) is 35.8. The van der Waals surface area contributed by atoms with Gasteiger partial charge in [-0.05, 0) is 70.6 Å². The topological polar surface area (TPSA) is 78.9 Å². The predicted octanol–water partition coefficient (Wildman–Crippen LogP) is 24.6. The van der Waals surface area contributed by atoms with Crippen molar-refractivity contribution in [2.75, 3.05) is 13.2 Å². The van der Waals surface area contributed by atoms with Crippen LogP contribution in [0.2, 0.25) is 0 Å². The van der Waals surface area contributed by atoms with Crippen molar-refractivity contribution in [3.05, 3.63) is 24.3 Å². The largest absolute Gasteiger partial charge is 0.462 e. The molecule has 6 nitrogen and oxygen atoms in total. The second-order valence-electron chi connectivity index (χ2n) is 24.5. The van der Waals surface area contributed by atoms with Crippen LogP contribution >= 0.6 is 0 Å². The van der Waals surface area contributed by atoms with E-state index in [0.29, 0.717) is 19.3 Å². The van der Waals surface area contributed by atoms with E-state index in [4.69, 9.17) is 14.2 Å². The van der Waals surface area contributed by atoms with E-state index >= 15 is 0 Å². The minimum absolute atomic E-state index is 0.0705. The first kappa shape index (κ1) is 76.9. The van der Waals surface area contributed by atoms with E-state index in [1.165, 1.54) is 302 Å². The fourth-order valence-electron chi connectivity index (χ4n) is 11.0. The lowest BCUT2D eigenvalue weighted by atomic mass is 10.0. The molecule has 6 heteroatoms. The maximum Gasteiger partial charge on any atom is 0.306 e. The van der Waals surface area contributed by atoms with E-state index in [1.54, 1.807) is 0 Å². The van der Waals surface area contributed by atoms with E-state index in [1.807, 2.05) is 0 Å². The molecule has 1 atom stereocenters. The molecular formula is C73H138O6. The van der Waals surface area contributed by atoms with Crippen LogP contribution in [0, 0.1) is 0 Å². The van der Waals surface area contributed by atoms with E-state index in [-0.39, 0.29) is 31.1 Å². The SMILES string of the molecule is CCCCCCC/C=C\CCCCCCCC(=O)OCC(COC(=O)CCCCCCCCCCCCCCCCCCCCCCCCCCCCCCCC)OC(=O)CCCCCCCCC/C=C\CCCCCCCC. The van der Waals surface area contributed by atoms with Crippen LogP contribution in [0.4, 0.5) is 0 Å². The van der Waals surface area contributed by atoms with Gasteiger partial charge in [0.05, 0.1) is 0 Å². The van der Waals surface area contributed by atoms with Crippen LogP contribution in [-0.4, -0.2) is 37.2 Å². The van der Waals surface area contributed by atoms with Crippen molar-refractivity contribution in [3.8, 4) is 0 Å². The third-order valence-corrected chi connectivity index (χ3v) is 16.4. The molecule has 0 heterocycles. The smallest absolute Gasteiger partial charge is 0.306 e. The second kappa shape index (κ2) is 68.4. The highest BCUT2D eigenvalue weighted by Gasteiger charge is 2.19. The van der Waals surface area contributed by atoms with Crippen LogP contribution in [0.3, 0.4) is 0 Å². The van der Waals surface area contributed by atoms with Crippen molar-refractivity contribution in [2.24, 2.45) is 0 Å². The van der Waals surface area contributed by atoms with Crippen molar-refractivity contribution in [1.29, 1.82) is 0 Å². The van der Waals surface area contributed by atoms with Crippen LogP contribution in [0.25, 0.3) is 0 Å². The van der Waals surface area contributed by atoms with Gasteiger partial charge in [0.1, 0.15) is 13.2 Å². The molecule has 0 saturated carbocycles. The van der Waals surface area contributed by atoms with E-state index in [9.17, 15) is 14.4 Å². The first-order chi connectivity index (χ1) is 39.0. The van der Waals surface area contributed by atoms with Gasteiger partial charge in [0.25, 0.3) is 0 Å². The summed E-state index contributed by atoms with van der Waals surface area (Å²) in [5.41, 5.74) is 0. The summed E-state index contributed by atoms with van der Waals surface area (Å²) in [4.78, 5) is 38.4. The molecule has 466 valence electrons. The molecule has 0 aromatic carbocycles. The van der Waals surface area contributed by atoms with E-state index in [0.717, 1.165) is 64.2 Å². The molecule has 79 heavy (non-hydrogen) atoms. The summed E-state index contributed by atoms with van der Waals surface area (Å²) in [6.45, 7) is 6.69. The molecule has 0 aromatic heterocycles. The number of unbranched alkanes of at least 4 members (excludes halogenated alkanes) is 52. The molecule has 0 saturated heterocycles. The number of hydrogen-bond acceptors (Lipinski definition) is 6. The van der Waals surface area contributed by atoms with E-state index in [2.05, 4.69) is 45.1 Å². The molecule has 0 aliphatic rings. The fraction of sp³-hybridized carbons (Fsp3) is 0.904. The summed E-state index contributed by atoms with van der Waals surface area (Å²) >= 11 is 0. The van der Waals surface area contributed by atoms with Gasteiger partial charge in [-0.3, -0.25) is 14.4 Å². The molecule has 0 rings (SSSR count). The Labute approximate surface area is 493 Å². The van der Waals surface area contributed by atoms with Crippen LogP contribution in [0.5, 0.6) is 0 Å². The molecule has 0 bridgehead atoms. The molecule has 0 radical (unpaired) electrons. The van der Waals surface area contributed by atoms with Gasteiger partial charge in [-0.25, -0.2) is 0 Å². The van der Waals surface area contributed by atoms with Gasteiger partial charge in [-0.2, -0.15) is 0 Å². The van der Waals surface area contributed by atoms with Crippen LogP contribution < -0.4 is 0 Å². The normalized spacial score (nSPS) is 12.1. The lowest BCUT2D eigenvalue weighted by molar-refractivity contribution is -0.167. The molecule has 1 unspecified atom stereocenters. The molecule has 0 spiro atoms. The highest BCUT2D eigenvalue weighted by molar-refractivity contribution is 5.71. The summed E-state index contributed by atoms with van der Waals surface area (Å²) in [7, 11) is 0. The number of allylic oxidation sites excluding steroid dienone is 4. The highest BCUT2D eigenvalue weighted by Crippen LogP contribution is 2.19.